The number of hydrogen-bond acceptors (Lipinski definition) is 5. The average Bonchev–Trinajstić information content (AvgIpc) is 1.19. The Labute approximate surface area is 86.7 Å². The number of hydrogen-bond donors (Lipinski definition) is 2. The Kier molecular flexibility index (Phi) is 21.1. The summed E-state index contributed by atoms with van der Waals surface area (Å²) in [6.07, 6.45) is -1.83. The average molecular weight is 172 g/mol. The fraction of sp³-hybridized carbons (Fsp3) is 0. The zero-order valence-corrected chi connectivity index (χ0v) is 6.66. The zero-order chi connectivity index (χ0) is 8.08. The van der Waals surface area contributed by atoms with E-state index in [9.17, 15) is 0 Å². The van der Waals surface area contributed by atoms with Gasteiger partial charge in [-0.15, -0.1) is 0 Å². The largest absolute Gasteiger partial charge is 1.00 e. The van der Waals surface area contributed by atoms with Crippen molar-refractivity contribution < 1.29 is 70.3 Å². The van der Waals surface area contributed by atoms with Crippen LogP contribution < -0.4 is 37.7 Å². The van der Waals surface area contributed by atoms with Gasteiger partial charge in [0.15, 0.2) is 0 Å². The maximum atomic E-state index is 8.56. The molecule has 0 amide bonds. The first-order valence-electron chi connectivity index (χ1n) is 1.32. The van der Waals surface area contributed by atoms with Crippen LogP contribution in [0.1, 0.15) is 0 Å². The zero-order valence-electron chi connectivity index (χ0n) is 5.84. The van der Waals surface area contributed by atoms with Crippen LogP contribution in [0.5, 0.6) is 0 Å². The van der Waals surface area contributed by atoms with Crippen molar-refractivity contribution in [3.63, 3.8) is 0 Å². The Morgan fingerprint density at radius 1 is 1.09 bits per heavy atom. The van der Waals surface area contributed by atoms with Gasteiger partial charge in [0.25, 0.3) is 0 Å². The van der Waals surface area contributed by atoms with E-state index in [0.29, 0.717) is 0 Å². The maximum absolute atomic E-state index is 8.56. The van der Waals surface area contributed by atoms with Crippen LogP contribution in [-0.4, -0.2) is 33.9 Å². The predicted molar refractivity (Wildman–Crippen MR) is 21.1 cm³/mol. The first-order valence-corrected chi connectivity index (χ1v) is 2.65. The van der Waals surface area contributed by atoms with E-state index in [2.05, 4.69) is 0 Å². The summed E-state index contributed by atoms with van der Waals surface area (Å²) in [5, 5.41) is 13.9. The van der Waals surface area contributed by atoms with Gasteiger partial charge >= 0.3 is 43.9 Å². The van der Waals surface area contributed by atoms with Crippen LogP contribution in [0.15, 0.2) is 0 Å². The first kappa shape index (κ1) is 22.5. The van der Waals surface area contributed by atoms with Crippen LogP contribution in [0.3, 0.4) is 0 Å². The van der Waals surface area contributed by atoms with Gasteiger partial charge in [-0.2, -0.15) is 0 Å². The van der Waals surface area contributed by atoms with E-state index in [-0.39, 0.29) is 37.7 Å². The molecule has 0 aliphatic carbocycles. The van der Waals surface area contributed by atoms with Crippen molar-refractivity contribution in [1.29, 1.82) is 0 Å². The summed E-state index contributed by atoms with van der Waals surface area (Å²) in [5.41, 5.74) is 0. The standard InChI is InChI=1S/CH2O3.2Li.H2O4S/c2-1(3)4;;;1-5(2,3)4/h(H2,2,3,4);;;(H2,1,2,3,4)/q;2*+1;/p-2. The summed E-state index contributed by atoms with van der Waals surface area (Å²) in [6, 6.07) is 0. The van der Waals surface area contributed by atoms with E-state index in [4.69, 9.17) is 32.5 Å². The van der Waals surface area contributed by atoms with Crippen molar-refractivity contribution in [2.24, 2.45) is 0 Å². The molecule has 2 N–H and O–H groups in total. The molecule has 0 unspecified atom stereocenters. The van der Waals surface area contributed by atoms with Crippen molar-refractivity contribution >= 4 is 16.6 Å². The second kappa shape index (κ2) is 10.3. The molecule has 0 aliphatic heterocycles. The van der Waals surface area contributed by atoms with Gasteiger partial charge in [0, 0.05) is 10.4 Å². The number of rotatable bonds is 0. The van der Waals surface area contributed by atoms with Crippen LogP contribution in [0.25, 0.3) is 0 Å². The quantitative estimate of drug-likeness (QED) is 0.210. The summed E-state index contributed by atoms with van der Waals surface area (Å²) in [5.74, 6) is 0. The second-order valence-electron chi connectivity index (χ2n) is 0.691. The molecular weight excluding hydrogens is 170 g/mol. The van der Waals surface area contributed by atoms with Gasteiger partial charge in [0.2, 0.25) is 0 Å². The van der Waals surface area contributed by atoms with Crippen molar-refractivity contribution in [2.45, 2.75) is 0 Å². The first-order chi connectivity index (χ1) is 3.73. The molecule has 0 aromatic carbocycles. The normalized spacial score (nSPS) is 7.45. The summed E-state index contributed by atoms with van der Waals surface area (Å²) in [4.78, 5) is 8.56. The van der Waals surface area contributed by atoms with Gasteiger partial charge in [-0.25, -0.2) is 4.79 Å². The van der Waals surface area contributed by atoms with E-state index >= 15 is 0 Å². The molecule has 11 heavy (non-hydrogen) atoms. The fourth-order valence-electron chi connectivity index (χ4n) is 0. The third kappa shape index (κ3) is 6400. The van der Waals surface area contributed by atoms with Crippen molar-refractivity contribution in [3.05, 3.63) is 0 Å². The molecule has 0 bridgehead atoms. The SMILES string of the molecule is O=C(O)O.O=S(=O)([O-])[O-].[Li+].[Li+]. The van der Waals surface area contributed by atoms with E-state index in [1.54, 1.807) is 0 Å². The minimum absolute atomic E-state index is 0. The maximum Gasteiger partial charge on any atom is 1.00 e. The Hall–Kier alpha value is 0.335. The molecular formula is CH2Li2O7S. The minimum atomic E-state index is -5.17. The van der Waals surface area contributed by atoms with Gasteiger partial charge in [-0.05, 0) is 0 Å². The molecule has 0 saturated carbocycles. The van der Waals surface area contributed by atoms with Gasteiger partial charge in [0.1, 0.15) is 0 Å². The van der Waals surface area contributed by atoms with Crippen molar-refractivity contribution in [3.8, 4) is 0 Å². The molecule has 0 aromatic rings. The van der Waals surface area contributed by atoms with Gasteiger partial charge in [-0.1, -0.05) is 0 Å². The Balaban J connectivity index is -0.0000000383. The molecule has 56 valence electrons. The monoisotopic (exact) mass is 172 g/mol. The Bertz CT molecular complexity index is 159. The van der Waals surface area contributed by atoms with Gasteiger partial charge in [0.05, 0.1) is 0 Å². The molecule has 0 rings (SSSR count). The molecule has 0 heterocycles. The summed E-state index contributed by atoms with van der Waals surface area (Å²) in [6.45, 7) is 0. The molecule has 0 fully saturated rings. The fourth-order valence-corrected chi connectivity index (χ4v) is 0. The molecule has 7 nitrogen and oxygen atoms in total. The van der Waals surface area contributed by atoms with Crippen LogP contribution in [0.4, 0.5) is 4.79 Å². The molecule has 0 saturated heterocycles. The summed E-state index contributed by atoms with van der Waals surface area (Å²) < 4.78 is 34.1. The van der Waals surface area contributed by atoms with Crippen LogP contribution in [0.2, 0.25) is 0 Å². The van der Waals surface area contributed by atoms with Gasteiger partial charge in [-0.3, -0.25) is 8.42 Å². The van der Waals surface area contributed by atoms with Gasteiger partial charge < -0.3 is 19.3 Å². The van der Waals surface area contributed by atoms with Crippen LogP contribution in [0, 0.1) is 0 Å². The van der Waals surface area contributed by atoms with E-state index in [0.717, 1.165) is 0 Å². The molecule has 10 heteroatoms. The van der Waals surface area contributed by atoms with Crippen LogP contribution in [-0.2, 0) is 10.4 Å². The topological polar surface area (TPSA) is 138 Å². The van der Waals surface area contributed by atoms with Crippen LogP contribution >= 0.6 is 0 Å². The Morgan fingerprint density at radius 3 is 1.09 bits per heavy atom. The minimum Gasteiger partial charge on any atom is -0.759 e. The molecule has 0 atom stereocenters. The van der Waals surface area contributed by atoms with Crippen molar-refractivity contribution in [1.82, 2.24) is 0 Å². The molecule has 0 spiro atoms. The van der Waals surface area contributed by atoms with Crippen molar-refractivity contribution in [2.75, 3.05) is 0 Å². The predicted octanol–water partition coefficient (Wildman–Crippen LogP) is -7.11. The third-order valence-electron chi connectivity index (χ3n) is 0. The number of carboxylic acid groups (broad SMARTS) is 2. The van der Waals surface area contributed by atoms with E-state index in [1.807, 2.05) is 0 Å². The molecule has 0 aromatic heterocycles. The molecule has 0 radical (unpaired) electrons. The Morgan fingerprint density at radius 2 is 1.09 bits per heavy atom. The molecule has 0 aliphatic rings. The summed E-state index contributed by atoms with van der Waals surface area (Å²) in [7, 11) is -5.17. The third-order valence-corrected chi connectivity index (χ3v) is 0. The van der Waals surface area contributed by atoms with E-state index < -0.39 is 16.6 Å². The summed E-state index contributed by atoms with van der Waals surface area (Å²) >= 11 is 0. The van der Waals surface area contributed by atoms with E-state index in [1.165, 1.54) is 0 Å². The smallest absolute Gasteiger partial charge is 0.759 e. The second-order valence-corrected chi connectivity index (χ2v) is 1.51. The number of carbonyl (C=O) groups is 1.